The molecule has 0 aliphatic carbocycles. The molecule has 3 N–H and O–H groups in total. The van der Waals surface area contributed by atoms with Crippen LogP contribution in [0.1, 0.15) is 18.4 Å². The highest BCUT2D eigenvalue weighted by atomic mass is 35.5. The van der Waals surface area contributed by atoms with Crippen molar-refractivity contribution in [1.82, 2.24) is 4.90 Å². The largest absolute Gasteiger partial charge is 0.367 e. The summed E-state index contributed by atoms with van der Waals surface area (Å²) < 4.78 is 22.8. The monoisotopic (exact) mass is 304 g/mol. The summed E-state index contributed by atoms with van der Waals surface area (Å²) in [6.07, 6.45) is 0.383. The number of hydrogen-bond acceptors (Lipinski definition) is 4. The van der Waals surface area contributed by atoms with E-state index in [4.69, 9.17) is 16.7 Å². The minimum Gasteiger partial charge on any atom is -0.367 e. The zero-order chi connectivity index (χ0) is 14.4. The third-order valence-corrected chi connectivity index (χ3v) is 4.71. The number of nitrogens with zero attached hydrogens (tertiary/aromatic N) is 1. The van der Waals surface area contributed by atoms with Crippen molar-refractivity contribution >= 4 is 27.5 Å². The summed E-state index contributed by atoms with van der Waals surface area (Å²) in [5.41, 5.74) is -1.25. The summed E-state index contributed by atoms with van der Waals surface area (Å²) >= 11 is 5.78. The third-order valence-electron chi connectivity index (χ3n) is 3.32. The molecule has 1 fully saturated rings. The second-order valence-electron chi connectivity index (χ2n) is 4.46. The molecule has 1 saturated heterocycles. The zero-order valence-corrected chi connectivity index (χ0v) is 11.7. The van der Waals surface area contributed by atoms with Gasteiger partial charge in [-0.25, -0.2) is 13.6 Å². The maximum Gasteiger partial charge on any atom is 0.239 e. The number of carbonyl (C=O) groups excluding carboxylic acids is 1. The van der Waals surface area contributed by atoms with Crippen LogP contribution < -0.4 is 5.14 Å². The fraction of sp³-hybridized carbons (Fsp3) is 0.364. The Labute approximate surface area is 115 Å². The maximum absolute atomic E-state index is 11.5. The van der Waals surface area contributed by atoms with Gasteiger partial charge < -0.3 is 10.0 Å². The average Bonchev–Trinajstić information content (AvgIpc) is 2.57. The summed E-state index contributed by atoms with van der Waals surface area (Å²) in [7, 11) is -2.53. The number of hydrogen-bond donors (Lipinski definition) is 2. The molecule has 0 aromatic heterocycles. The molecule has 1 aliphatic heterocycles. The molecule has 1 atom stereocenters. The van der Waals surface area contributed by atoms with Crippen molar-refractivity contribution in [2.75, 3.05) is 7.05 Å². The summed E-state index contributed by atoms with van der Waals surface area (Å²) in [5.74, 6) is -0.213. The minimum atomic E-state index is -3.99. The molecule has 19 heavy (non-hydrogen) atoms. The predicted octanol–water partition coefficient (Wildman–Crippen LogP) is 0.385. The van der Waals surface area contributed by atoms with Gasteiger partial charge in [-0.2, -0.15) is 0 Å². The van der Waals surface area contributed by atoms with E-state index >= 15 is 0 Å². The molecule has 1 aromatic carbocycles. The van der Waals surface area contributed by atoms with E-state index in [1.165, 1.54) is 30.1 Å². The Balaban J connectivity index is 2.57. The first-order valence-electron chi connectivity index (χ1n) is 5.48. The fourth-order valence-corrected chi connectivity index (χ4v) is 3.20. The quantitative estimate of drug-likeness (QED) is 0.825. The Morgan fingerprint density at radius 3 is 2.58 bits per heavy atom. The summed E-state index contributed by atoms with van der Waals surface area (Å²) in [5, 5.41) is 15.5. The number of sulfonamides is 1. The number of likely N-dealkylation sites (tertiary alicyclic amines) is 1. The van der Waals surface area contributed by atoms with Crippen LogP contribution >= 0.6 is 11.6 Å². The van der Waals surface area contributed by atoms with Crippen LogP contribution in [0.5, 0.6) is 0 Å². The van der Waals surface area contributed by atoms with Gasteiger partial charge in [0, 0.05) is 25.5 Å². The van der Waals surface area contributed by atoms with Gasteiger partial charge in [0.1, 0.15) is 4.90 Å². The Morgan fingerprint density at radius 2 is 2.11 bits per heavy atom. The highest BCUT2D eigenvalue weighted by molar-refractivity contribution is 7.89. The molecule has 6 nitrogen and oxygen atoms in total. The smallest absolute Gasteiger partial charge is 0.239 e. The van der Waals surface area contributed by atoms with Gasteiger partial charge in [-0.15, -0.1) is 0 Å². The molecule has 1 amide bonds. The number of rotatable bonds is 2. The number of amides is 1. The molecule has 8 heteroatoms. The van der Waals surface area contributed by atoms with Crippen LogP contribution in [0.3, 0.4) is 0 Å². The number of primary sulfonamides is 1. The van der Waals surface area contributed by atoms with E-state index in [1.807, 2.05) is 0 Å². The summed E-state index contributed by atoms with van der Waals surface area (Å²) in [6.45, 7) is 0. The molecule has 0 bridgehead atoms. The number of benzene rings is 1. The Hall–Kier alpha value is -1.15. The van der Waals surface area contributed by atoms with E-state index in [0.717, 1.165) is 0 Å². The first kappa shape index (κ1) is 14.3. The Bertz CT molecular complexity index is 646. The van der Waals surface area contributed by atoms with Crippen LogP contribution in [0.15, 0.2) is 23.1 Å². The van der Waals surface area contributed by atoms with Crippen molar-refractivity contribution < 1.29 is 18.3 Å². The zero-order valence-electron chi connectivity index (χ0n) is 10.1. The number of aliphatic hydroxyl groups is 1. The Kier molecular flexibility index (Phi) is 3.34. The van der Waals surface area contributed by atoms with Crippen LogP contribution in [-0.4, -0.2) is 31.4 Å². The molecule has 104 valence electrons. The fourth-order valence-electron chi connectivity index (χ4n) is 2.13. The van der Waals surface area contributed by atoms with Crippen molar-refractivity contribution in [3.05, 3.63) is 28.8 Å². The molecule has 1 aromatic rings. The van der Waals surface area contributed by atoms with E-state index < -0.39 is 15.7 Å². The summed E-state index contributed by atoms with van der Waals surface area (Å²) in [6, 6.07) is 4.02. The topological polar surface area (TPSA) is 101 Å². The van der Waals surface area contributed by atoms with E-state index in [2.05, 4.69) is 0 Å². The van der Waals surface area contributed by atoms with Crippen molar-refractivity contribution in [1.29, 1.82) is 0 Å². The van der Waals surface area contributed by atoms with Crippen LogP contribution in [0.2, 0.25) is 5.02 Å². The van der Waals surface area contributed by atoms with Crippen LogP contribution in [0.25, 0.3) is 0 Å². The van der Waals surface area contributed by atoms with Crippen LogP contribution in [0.4, 0.5) is 0 Å². The maximum atomic E-state index is 11.5. The SMILES string of the molecule is CN1C(=O)CCC1(O)c1ccc(Cl)c(S(N)(=O)=O)c1. The lowest BCUT2D eigenvalue weighted by Crippen LogP contribution is -2.40. The lowest BCUT2D eigenvalue weighted by molar-refractivity contribution is -0.142. The molecule has 1 aliphatic rings. The van der Waals surface area contributed by atoms with E-state index in [1.54, 1.807) is 0 Å². The minimum absolute atomic E-state index is 0.0261. The van der Waals surface area contributed by atoms with Crippen molar-refractivity contribution in [3.8, 4) is 0 Å². The molecular formula is C11H13ClN2O4S. The van der Waals surface area contributed by atoms with E-state index in [0.29, 0.717) is 0 Å². The van der Waals surface area contributed by atoms with Crippen LogP contribution in [0, 0.1) is 0 Å². The standard InChI is InChI=1S/C11H13ClN2O4S/c1-14-10(15)4-5-11(14,16)7-2-3-8(12)9(6-7)19(13,17)18/h2-3,6,16H,4-5H2,1H3,(H2,13,17,18). The van der Waals surface area contributed by atoms with Gasteiger partial charge in [-0.1, -0.05) is 17.7 Å². The Morgan fingerprint density at radius 1 is 1.47 bits per heavy atom. The molecule has 2 rings (SSSR count). The van der Waals surface area contributed by atoms with Crippen molar-refractivity contribution in [3.63, 3.8) is 0 Å². The normalized spacial score (nSPS) is 24.0. The second-order valence-corrected chi connectivity index (χ2v) is 6.40. The number of nitrogens with two attached hydrogens (primary N) is 1. The second kappa shape index (κ2) is 4.45. The van der Waals surface area contributed by atoms with Crippen LogP contribution in [-0.2, 0) is 20.5 Å². The molecule has 0 spiro atoms. The molecule has 1 unspecified atom stereocenters. The lowest BCUT2D eigenvalue weighted by atomic mass is 10.0. The molecule has 0 saturated carbocycles. The first-order valence-corrected chi connectivity index (χ1v) is 7.40. The van der Waals surface area contributed by atoms with Gasteiger partial charge in [-0.3, -0.25) is 4.79 Å². The summed E-state index contributed by atoms with van der Waals surface area (Å²) in [4.78, 5) is 12.4. The van der Waals surface area contributed by atoms with Crippen molar-refractivity contribution in [2.45, 2.75) is 23.5 Å². The van der Waals surface area contributed by atoms with Crippen molar-refractivity contribution in [2.24, 2.45) is 5.14 Å². The predicted molar refractivity (Wildman–Crippen MR) is 68.7 cm³/mol. The first-order chi connectivity index (χ1) is 8.66. The van der Waals surface area contributed by atoms with Gasteiger partial charge >= 0.3 is 0 Å². The number of carbonyl (C=O) groups is 1. The van der Waals surface area contributed by atoms with E-state index in [-0.39, 0.29) is 34.2 Å². The van der Waals surface area contributed by atoms with Gasteiger partial charge in [0.25, 0.3) is 0 Å². The molecular weight excluding hydrogens is 292 g/mol. The van der Waals surface area contributed by atoms with Gasteiger partial charge in [0.15, 0.2) is 5.72 Å². The third kappa shape index (κ3) is 2.34. The van der Waals surface area contributed by atoms with E-state index in [9.17, 15) is 18.3 Å². The highest BCUT2D eigenvalue weighted by Gasteiger charge is 2.43. The highest BCUT2D eigenvalue weighted by Crippen LogP contribution is 2.37. The lowest BCUT2D eigenvalue weighted by Gasteiger charge is -2.31. The molecule has 0 radical (unpaired) electrons. The average molecular weight is 305 g/mol. The van der Waals surface area contributed by atoms with Gasteiger partial charge in [0.05, 0.1) is 5.02 Å². The number of halogens is 1. The van der Waals surface area contributed by atoms with Gasteiger partial charge in [-0.05, 0) is 12.1 Å². The van der Waals surface area contributed by atoms with Gasteiger partial charge in [0.2, 0.25) is 15.9 Å². The molecule has 1 heterocycles.